The second kappa shape index (κ2) is 8.17. The molecule has 32 heavy (non-hydrogen) atoms. The summed E-state index contributed by atoms with van der Waals surface area (Å²) in [5, 5.41) is 13.9. The van der Waals surface area contributed by atoms with Gasteiger partial charge in [-0.2, -0.15) is 5.10 Å². The molecule has 1 atom stereocenters. The molecule has 162 valence electrons. The Morgan fingerprint density at radius 1 is 1.19 bits per heavy atom. The summed E-state index contributed by atoms with van der Waals surface area (Å²) < 4.78 is 35.0. The number of rotatable bonds is 6. The van der Waals surface area contributed by atoms with Crippen LogP contribution in [-0.4, -0.2) is 43.4 Å². The van der Waals surface area contributed by atoms with Gasteiger partial charge in [-0.05, 0) is 18.6 Å². The summed E-state index contributed by atoms with van der Waals surface area (Å²) in [4.78, 5) is 20.1. The standard InChI is InChI=1S/C21H17F2N7O2/c22-13-4-2-1-3-12(13)11-30-18(15-6-8-32-29-15)9-17(28-30)20-25-10-14(23)19(27-20)26-16-5-7-24-21(16)31/h1-4,6,8-10,16H,5,7,11H2,(H,24,31)(H,25,26,27). The number of carbonyl (C=O) groups excluding carboxylic acids is 1. The monoisotopic (exact) mass is 437 g/mol. The maximum atomic E-state index is 14.3. The van der Waals surface area contributed by atoms with E-state index in [1.165, 1.54) is 12.3 Å². The molecule has 1 fully saturated rings. The zero-order valence-corrected chi connectivity index (χ0v) is 16.6. The summed E-state index contributed by atoms with van der Waals surface area (Å²) in [6.07, 6.45) is 2.95. The summed E-state index contributed by atoms with van der Waals surface area (Å²) in [7, 11) is 0. The fraction of sp³-hybridized carbons (Fsp3) is 0.190. The van der Waals surface area contributed by atoms with E-state index in [2.05, 4.69) is 30.9 Å². The third kappa shape index (κ3) is 3.80. The predicted molar refractivity (Wildman–Crippen MR) is 109 cm³/mol. The van der Waals surface area contributed by atoms with Crippen molar-refractivity contribution in [2.75, 3.05) is 11.9 Å². The van der Waals surface area contributed by atoms with Crippen molar-refractivity contribution in [1.82, 2.24) is 30.2 Å². The molecular formula is C21H17F2N7O2. The van der Waals surface area contributed by atoms with Crippen LogP contribution in [-0.2, 0) is 11.3 Å². The number of aromatic nitrogens is 5. The second-order valence-corrected chi connectivity index (χ2v) is 7.22. The van der Waals surface area contributed by atoms with Crippen molar-refractivity contribution in [3.8, 4) is 22.9 Å². The average molecular weight is 437 g/mol. The van der Waals surface area contributed by atoms with Gasteiger partial charge in [-0.3, -0.25) is 9.48 Å². The number of carbonyl (C=O) groups is 1. The first-order valence-electron chi connectivity index (χ1n) is 9.87. The molecule has 0 bridgehead atoms. The molecule has 1 amide bonds. The molecular weight excluding hydrogens is 420 g/mol. The van der Waals surface area contributed by atoms with Crippen LogP contribution >= 0.6 is 0 Å². The summed E-state index contributed by atoms with van der Waals surface area (Å²) >= 11 is 0. The van der Waals surface area contributed by atoms with Crippen molar-refractivity contribution < 1.29 is 18.1 Å². The first-order valence-corrected chi connectivity index (χ1v) is 9.87. The molecule has 2 N–H and O–H groups in total. The van der Waals surface area contributed by atoms with Crippen LogP contribution in [0, 0.1) is 11.6 Å². The van der Waals surface area contributed by atoms with Crippen molar-refractivity contribution in [1.29, 1.82) is 0 Å². The number of hydrogen-bond donors (Lipinski definition) is 2. The van der Waals surface area contributed by atoms with Gasteiger partial charge in [0, 0.05) is 18.2 Å². The molecule has 1 saturated heterocycles. The fourth-order valence-corrected chi connectivity index (χ4v) is 3.47. The van der Waals surface area contributed by atoms with E-state index in [-0.39, 0.29) is 29.9 Å². The second-order valence-electron chi connectivity index (χ2n) is 7.22. The third-order valence-corrected chi connectivity index (χ3v) is 5.09. The van der Waals surface area contributed by atoms with E-state index in [9.17, 15) is 13.6 Å². The molecule has 3 aromatic heterocycles. The van der Waals surface area contributed by atoms with E-state index in [0.717, 1.165) is 6.20 Å². The van der Waals surface area contributed by atoms with E-state index in [1.54, 1.807) is 35.0 Å². The Bertz CT molecular complexity index is 1270. The number of benzene rings is 1. The smallest absolute Gasteiger partial charge is 0.242 e. The topological polar surface area (TPSA) is 111 Å². The molecule has 1 aliphatic rings. The number of nitrogens with one attached hydrogen (secondary N) is 2. The largest absolute Gasteiger partial charge is 0.364 e. The number of hydrogen-bond acceptors (Lipinski definition) is 7. The van der Waals surface area contributed by atoms with Gasteiger partial charge in [-0.15, -0.1) is 0 Å². The molecule has 4 heterocycles. The van der Waals surface area contributed by atoms with Crippen LogP contribution in [0.4, 0.5) is 14.6 Å². The number of halogens is 2. The van der Waals surface area contributed by atoms with Gasteiger partial charge in [0.25, 0.3) is 0 Å². The van der Waals surface area contributed by atoms with E-state index >= 15 is 0 Å². The first-order chi connectivity index (χ1) is 15.6. The Labute approximate surface area is 180 Å². The normalized spacial score (nSPS) is 15.7. The highest BCUT2D eigenvalue weighted by atomic mass is 19.1. The fourth-order valence-electron chi connectivity index (χ4n) is 3.47. The van der Waals surface area contributed by atoms with E-state index in [1.807, 2.05) is 0 Å². The molecule has 1 aliphatic heterocycles. The SMILES string of the molecule is O=C1NCCC1Nc1nc(-c2cc(-c3ccon3)n(Cc3ccccc3F)n2)ncc1F. The Balaban J connectivity index is 1.52. The van der Waals surface area contributed by atoms with Crippen LogP contribution in [0.2, 0.25) is 0 Å². The van der Waals surface area contributed by atoms with Crippen LogP contribution in [0.1, 0.15) is 12.0 Å². The lowest BCUT2D eigenvalue weighted by atomic mass is 10.2. The lowest BCUT2D eigenvalue weighted by Gasteiger charge is -2.11. The molecule has 0 spiro atoms. The van der Waals surface area contributed by atoms with Crippen molar-refractivity contribution in [3.63, 3.8) is 0 Å². The molecule has 0 radical (unpaired) electrons. The predicted octanol–water partition coefficient (Wildman–Crippen LogP) is 2.62. The molecule has 1 unspecified atom stereocenters. The first kappa shape index (κ1) is 19.8. The minimum Gasteiger partial charge on any atom is -0.364 e. The van der Waals surface area contributed by atoms with Gasteiger partial charge >= 0.3 is 0 Å². The zero-order valence-electron chi connectivity index (χ0n) is 16.6. The summed E-state index contributed by atoms with van der Waals surface area (Å²) in [5.41, 5.74) is 1.80. The lowest BCUT2D eigenvalue weighted by molar-refractivity contribution is -0.119. The molecule has 0 aliphatic carbocycles. The highest BCUT2D eigenvalue weighted by Gasteiger charge is 2.26. The molecule has 9 nitrogen and oxygen atoms in total. The van der Waals surface area contributed by atoms with Crippen LogP contribution in [0.25, 0.3) is 22.9 Å². The van der Waals surface area contributed by atoms with Crippen LogP contribution in [0.15, 0.2) is 53.4 Å². The van der Waals surface area contributed by atoms with Gasteiger partial charge in [0.2, 0.25) is 5.91 Å². The van der Waals surface area contributed by atoms with Gasteiger partial charge in [-0.25, -0.2) is 18.7 Å². The Hall–Kier alpha value is -4.15. The van der Waals surface area contributed by atoms with Gasteiger partial charge < -0.3 is 15.2 Å². The number of amides is 1. The number of anilines is 1. The van der Waals surface area contributed by atoms with Gasteiger partial charge in [0.05, 0.1) is 18.4 Å². The van der Waals surface area contributed by atoms with Crippen molar-refractivity contribution in [2.24, 2.45) is 0 Å². The minimum absolute atomic E-state index is 0.0938. The Morgan fingerprint density at radius 2 is 2.06 bits per heavy atom. The Morgan fingerprint density at radius 3 is 2.81 bits per heavy atom. The highest BCUT2D eigenvalue weighted by Crippen LogP contribution is 2.26. The summed E-state index contributed by atoms with van der Waals surface area (Å²) in [5.74, 6) is -1.22. The summed E-state index contributed by atoms with van der Waals surface area (Å²) in [6, 6.07) is 9.11. The van der Waals surface area contributed by atoms with Gasteiger partial charge in [0.1, 0.15) is 29.5 Å². The zero-order chi connectivity index (χ0) is 22.1. The molecule has 11 heteroatoms. The molecule has 0 saturated carbocycles. The molecule has 5 rings (SSSR count). The lowest BCUT2D eigenvalue weighted by Crippen LogP contribution is -2.30. The van der Waals surface area contributed by atoms with Crippen LogP contribution in [0.3, 0.4) is 0 Å². The van der Waals surface area contributed by atoms with Crippen LogP contribution in [0.5, 0.6) is 0 Å². The van der Waals surface area contributed by atoms with E-state index in [0.29, 0.717) is 35.6 Å². The highest BCUT2D eigenvalue weighted by molar-refractivity contribution is 5.86. The number of nitrogens with zero attached hydrogens (tertiary/aromatic N) is 5. The van der Waals surface area contributed by atoms with Crippen molar-refractivity contribution in [3.05, 3.63) is 66.1 Å². The van der Waals surface area contributed by atoms with Crippen molar-refractivity contribution in [2.45, 2.75) is 19.0 Å². The Kier molecular flexibility index (Phi) is 5.06. The summed E-state index contributed by atoms with van der Waals surface area (Å²) in [6.45, 7) is 0.640. The van der Waals surface area contributed by atoms with Crippen LogP contribution < -0.4 is 10.6 Å². The molecule has 1 aromatic carbocycles. The maximum absolute atomic E-state index is 14.3. The average Bonchev–Trinajstić information content (AvgIpc) is 3.53. The molecule has 4 aromatic rings. The van der Waals surface area contributed by atoms with Crippen molar-refractivity contribution >= 4 is 11.7 Å². The third-order valence-electron chi connectivity index (χ3n) is 5.09. The van der Waals surface area contributed by atoms with E-state index < -0.39 is 11.9 Å². The maximum Gasteiger partial charge on any atom is 0.242 e. The van der Waals surface area contributed by atoms with Gasteiger partial charge in [0.15, 0.2) is 17.5 Å². The van der Waals surface area contributed by atoms with E-state index in [4.69, 9.17) is 4.52 Å². The minimum atomic E-state index is -0.684. The van der Waals surface area contributed by atoms with Gasteiger partial charge in [-0.1, -0.05) is 23.4 Å². The quantitative estimate of drug-likeness (QED) is 0.477.